The predicted octanol–water partition coefficient (Wildman–Crippen LogP) is 4.89. The quantitative estimate of drug-likeness (QED) is 0.525. The highest BCUT2D eigenvalue weighted by Gasteiger charge is 2.38. The predicted molar refractivity (Wildman–Crippen MR) is 113 cm³/mol. The lowest BCUT2D eigenvalue weighted by Crippen LogP contribution is -2.58. The van der Waals surface area contributed by atoms with Gasteiger partial charge in [-0.1, -0.05) is 39.0 Å². The molecule has 0 saturated heterocycles. The summed E-state index contributed by atoms with van der Waals surface area (Å²) in [5, 5.41) is 14.3. The Morgan fingerprint density at radius 3 is 2.26 bits per heavy atom. The molecular weight excluding hydrogens is 479 g/mol. The summed E-state index contributed by atoms with van der Waals surface area (Å²) in [6.07, 6.45) is -4.75. The van der Waals surface area contributed by atoms with Gasteiger partial charge >= 0.3 is 12.3 Å². The van der Waals surface area contributed by atoms with Crippen molar-refractivity contribution in [2.24, 2.45) is 5.41 Å². The van der Waals surface area contributed by atoms with E-state index in [1.807, 2.05) is 0 Å². The monoisotopic (exact) mass is 501 g/mol. The van der Waals surface area contributed by atoms with Gasteiger partial charge in [-0.2, -0.15) is 13.2 Å². The molecular formula is C21H23BrF3N3O3. The van der Waals surface area contributed by atoms with Gasteiger partial charge in [-0.25, -0.2) is 9.78 Å². The van der Waals surface area contributed by atoms with Gasteiger partial charge in [0.15, 0.2) is 0 Å². The number of carbonyl (C=O) groups is 2. The summed E-state index contributed by atoms with van der Waals surface area (Å²) in [6, 6.07) is 6.23. The van der Waals surface area contributed by atoms with Crippen molar-refractivity contribution in [3.05, 3.63) is 63.9 Å². The Kier molecular flexibility index (Phi) is 7.69. The molecule has 0 aliphatic heterocycles. The largest absolute Gasteiger partial charge is 0.465 e. The Balaban J connectivity index is 2.46. The van der Waals surface area contributed by atoms with E-state index in [0.29, 0.717) is 4.47 Å². The number of rotatable bonds is 6. The molecule has 31 heavy (non-hydrogen) atoms. The fourth-order valence-corrected chi connectivity index (χ4v) is 3.50. The summed E-state index contributed by atoms with van der Waals surface area (Å²) in [5.74, 6) is -0.622. The first-order valence-electron chi connectivity index (χ1n) is 9.36. The number of aromatic nitrogens is 1. The summed E-state index contributed by atoms with van der Waals surface area (Å²) in [7, 11) is 0. The van der Waals surface area contributed by atoms with Crippen molar-refractivity contribution in [3.8, 4) is 0 Å². The molecule has 6 nitrogen and oxygen atoms in total. The normalized spacial score (nSPS) is 13.9. The van der Waals surface area contributed by atoms with Crippen LogP contribution < -0.4 is 10.6 Å². The van der Waals surface area contributed by atoms with Crippen LogP contribution in [-0.4, -0.2) is 34.2 Å². The van der Waals surface area contributed by atoms with Crippen molar-refractivity contribution in [2.75, 3.05) is 0 Å². The number of hydrogen-bond acceptors (Lipinski definition) is 3. The van der Waals surface area contributed by atoms with Crippen LogP contribution in [0.3, 0.4) is 0 Å². The van der Waals surface area contributed by atoms with E-state index in [9.17, 15) is 27.9 Å². The topological polar surface area (TPSA) is 91.3 Å². The first-order valence-corrected chi connectivity index (χ1v) is 10.2. The molecule has 0 fully saturated rings. The number of nitrogens with one attached hydrogen (secondary N) is 2. The summed E-state index contributed by atoms with van der Waals surface area (Å²) < 4.78 is 41.1. The molecule has 0 radical (unpaired) electrons. The van der Waals surface area contributed by atoms with E-state index in [2.05, 4.69) is 31.5 Å². The third-order valence-electron chi connectivity index (χ3n) is 4.65. The summed E-state index contributed by atoms with van der Waals surface area (Å²) in [5.41, 5.74) is -1.54. The van der Waals surface area contributed by atoms with Crippen molar-refractivity contribution in [1.29, 1.82) is 0 Å². The Bertz CT molecular complexity index is 928. The van der Waals surface area contributed by atoms with Gasteiger partial charge < -0.3 is 15.7 Å². The Morgan fingerprint density at radius 2 is 1.74 bits per heavy atom. The van der Waals surface area contributed by atoms with E-state index in [-0.39, 0.29) is 17.7 Å². The molecule has 10 heteroatoms. The fraction of sp³-hybridized carbons (Fsp3) is 0.381. The minimum Gasteiger partial charge on any atom is -0.465 e. The number of carboxylic acid groups (broad SMARTS) is 1. The molecule has 0 aliphatic rings. The van der Waals surface area contributed by atoms with Crippen molar-refractivity contribution >= 4 is 27.9 Å². The molecule has 0 spiro atoms. The Morgan fingerprint density at radius 1 is 1.10 bits per heavy atom. The second-order valence-electron chi connectivity index (χ2n) is 8.09. The van der Waals surface area contributed by atoms with Crippen LogP contribution in [0.25, 0.3) is 0 Å². The second kappa shape index (κ2) is 9.67. The number of pyridine rings is 1. The van der Waals surface area contributed by atoms with E-state index in [1.54, 1.807) is 26.8 Å². The minimum atomic E-state index is -4.59. The SMILES string of the molecule is CC(C)(C)C(NC(=O)O)[C@H](Cc1ccccc1C(F)(F)F)NC(=O)c1ccc(Br)cn1. The van der Waals surface area contributed by atoms with Crippen LogP contribution in [0.4, 0.5) is 18.0 Å². The zero-order valence-corrected chi connectivity index (χ0v) is 18.7. The number of nitrogens with zero attached hydrogens (tertiary/aromatic N) is 1. The molecule has 0 bridgehead atoms. The highest BCUT2D eigenvalue weighted by molar-refractivity contribution is 9.10. The number of alkyl halides is 3. The van der Waals surface area contributed by atoms with Crippen LogP contribution >= 0.6 is 15.9 Å². The number of amides is 2. The molecule has 2 aromatic rings. The third kappa shape index (κ3) is 6.95. The smallest absolute Gasteiger partial charge is 0.416 e. The second-order valence-corrected chi connectivity index (χ2v) is 9.01. The molecule has 2 rings (SSSR count). The molecule has 1 heterocycles. The average molecular weight is 502 g/mol. The van der Waals surface area contributed by atoms with Gasteiger partial charge in [0, 0.05) is 10.7 Å². The van der Waals surface area contributed by atoms with Gasteiger partial charge in [-0.3, -0.25) is 4.79 Å². The first kappa shape index (κ1) is 24.6. The summed E-state index contributed by atoms with van der Waals surface area (Å²) >= 11 is 3.22. The molecule has 2 atom stereocenters. The van der Waals surface area contributed by atoms with E-state index in [1.165, 1.54) is 30.5 Å². The maximum atomic E-state index is 13.5. The lowest BCUT2D eigenvalue weighted by Gasteiger charge is -2.37. The van der Waals surface area contributed by atoms with Crippen molar-refractivity contribution in [2.45, 2.75) is 45.5 Å². The molecule has 0 aliphatic carbocycles. The Labute approximate surface area is 186 Å². The zero-order chi connectivity index (χ0) is 23.4. The standard InChI is InChI=1S/C21H23BrF3N3O3/c1-20(2,3)17(28-19(30)31)16(27-18(29)15-9-8-13(22)11-26-15)10-12-6-4-5-7-14(12)21(23,24)25/h4-9,11,16-17,28H,10H2,1-3H3,(H,27,29)(H,30,31)/t16-,17?/m0/s1. The van der Waals surface area contributed by atoms with Crippen molar-refractivity contribution in [1.82, 2.24) is 15.6 Å². The molecule has 0 saturated carbocycles. The molecule has 168 valence electrons. The zero-order valence-electron chi connectivity index (χ0n) is 17.1. The van der Waals surface area contributed by atoms with Gasteiger partial charge in [0.05, 0.1) is 17.6 Å². The van der Waals surface area contributed by atoms with Gasteiger partial charge in [-0.15, -0.1) is 0 Å². The van der Waals surface area contributed by atoms with Gasteiger partial charge in [-0.05, 0) is 51.5 Å². The lowest BCUT2D eigenvalue weighted by atomic mass is 9.79. The summed E-state index contributed by atoms with van der Waals surface area (Å²) in [4.78, 5) is 28.2. The fourth-order valence-electron chi connectivity index (χ4n) is 3.27. The Hall–Kier alpha value is -2.62. The van der Waals surface area contributed by atoms with Crippen LogP contribution in [0.2, 0.25) is 0 Å². The number of carbonyl (C=O) groups excluding carboxylic acids is 1. The van der Waals surface area contributed by atoms with E-state index in [4.69, 9.17) is 0 Å². The molecule has 3 N–H and O–H groups in total. The number of halogens is 4. The van der Waals surface area contributed by atoms with Crippen molar-refractivity contribution < 1.29 is 27.9 Å². The molecule has 2 amide bonds. The molecule has 1 aromatic carbocycles. The van der Waals surface area contributed by atoms with Crippen LogP contribution in [0.15, 0.2) is 47.1 Å². The average Bonchev–Trinajstić information content (AvgIpc) is 2.64. The third-order valence-corrected chi connectivity index (χ3v) is 5.12. The van der Waals surface area contributed by atoms with Crippen LogP contribution in [0.5, 0.6) is 0 Å². The number of hydrogen-bond donors (Lipinski definition) is 3. The lowest BCUT2D eigenvalue weighted by molar-refractivity contribution is -0.138. The maximum Gasteiger partial charge on any atom is 0.416 e. The molecule has 1 unspecified atom stereocenters. The van der Waals surface area contributed by atoms with Crippen LogP contribution in [0, 0.1) is 5.41 Å². The highest BCUT2D eigenvalue weighted by atomic mass is 79.9. The number of benzene rings is 1. The van der Waals surface area contributed by atoms with Gasteiger partial charge in [0.2, 0.25) is 0 Å². The van der Waals surface area contributed by atoms with Gasteiger partial charge in [0.25, 0.3) is 5.91 Å². The van der Waals surface area contributed by atoms with Crippen molar-refractivity contribution in [3.63, 3.8) is 0 Å². The maximum absolute atomic E-state index is 13.5. The first-order chi connectivity index (χ1) is 14.3. The van der Waals surface area contributed by atoms with E-state index < -0.39 is 41.2 Å². The van der Waals surface area contributed by atoms with E-state index in [0.717, 1.165) is 6.07 Å². The minimum absolute atomic E-state index is 0.0505. The highest BCUT2D eigenvalue weighted by Crippen LogP contribution is 2.33. The van der Waals surface area contributed by atoms with Crippen LogP contribution in [-0.2, 0) is 12.6 Å². The van der Waals surface area contributed by atoms with E-state index >= 15 is 0 Å². The van der Waals surface area contributed by atoms with Gasteiger partial charge in [0.1, 0.15) is 5.69 Å². The molecule has 1 aromatic heterocycles. The van der Waals surface area contributed by atoms with Crippen LogP contribution in [0.1, 0.15) is 42.4 Å². The summed E-state index contributed by atoms with van der Waals surface area (Å²) in [6.45, 7) is 5.21.